The number of aryl methyl sites for hydroxylation is 1. The molecule has 5 rings (SSSR count). The number of aromatic nitrogens is 5. The second kappa shape index (κ2) is 7.48. The summed E-state index contributed by atoms with van der Waals surface area (Å²) in [6.45, 7) is 1.84. The summed E-state index contributed by atoms with van der Waals surface area (Å²) >= 11 is 6.22. The highest BCUT2D eigenvalue weighted by Crippen LogP contribution is 2.31. The third kappa shape index (κ3) is 3.62. The lowest BCUT2D eigenvalue weighted by Gasteiger charge is -2.07. The molecular weight excluding hydrogens is 422 g/mol. The summed E-state index contributed by atoms with van der Waals surface area (Å²) in [7, 11) is 0. The Hall–Kier alpha value is -3.78. The molecule has 0 fully saturated rings. The van der Waals surface area contributed by atoms with Gasteiger partial charge in [-0.1, -0.05) is 11.6 Å². The second-order valence-corrected chi connectivity index (χ2v) is 7.37. The Labute approximate surface area is 180 Å². The number of benzene rings is 2. The van der Waals surface area contributed by atoms with E-state index in [1.807, 2.05) is 13.0 Å². The molecular formula is C22H15ClF2N6. The zero-order valence-corrected chi connectivity index (χ0v) is 17.0. The summed E-state index contributed by atoms with van der Waals surface area (Å²) in [4.78, 5) is 8.63. The minimum absolute atomic E-state index is 0.276. The van der Waals surface area contributed by atoms with Crippen LogP contribution in [0.2, 0.25) is 5.02 Å². The van der Waals surface area contributed by atoms with Crippen molar-refractivity contribution in [1.82, 2.24) is 24.1 Å². The Kier molecular flexibility index (Phi) is 4.63. The number of hydrogen-bond donors (Lipinski definition) is 1. The minimum Gasteiger partial charge on any atom is -0.323 e. The first kappa shape index (κ1) is 19.2. The van der Waals surface area contributed by atoms with Crippen LogP contribution in [0.4, 0.5) is 20.4 Å². The Bertz CT molecular complexity index is 1430. The summed E-state index contributed by atoms with van der Waals surface area (Å²) in [5.74, 6) is -0.540. The van der Waals surface area contributed by atoms with E-state index < -0.39 is 11.6 Å². The molecule has 6 nitrogen and oxygen atoms in total. The van der Waals surface area contributed by atoms with E-state index in [-0.39, 0.29) is 11.0 Å². The maximum Gasteiger partial charge on any atom is 0.247 e. The molecule has 0 aliphatic rings. The van der Waals surface area contributed by atoms with Gasteiger partial charge >= 0.3 is 0 Å². The standard InChI is InChI=1S/C22H15ClF2N6/c1-13-11-30(12-26-13)20-7-5-15(10-19(20)25)27-22-28-21-17(3-2-8-31(21)29-22)16-6-4-14(24)9-18(16)23/h2-12H,1H3,(H,27,29). The maximum absolute atomic E-state index is 14.6. The molecule has 2 aromatic carbocycles. The van der Waals surface area contributed by atoms with Gasteiger partial charge in [0, 0.05) is 29.2 Å². The van der Waals surface area contributed by atoms with Crippen LogP contribution in [-0.4, -0.2) is 24.1 Å². The molecule has 5 aromatic rings. The molecule has 0 spiro atoms. The van der Waals surface area contributed by atoms with Crippen LogP contribution in [0.25, 0.3) is 22.5 Å². The highest BCUT2D eigenvalue weighted by Gasteiger charge is 2.14. The second-order valence-electron chi connectivity index (χ2n) is 6.96. The predicted molar refractivity (Wildman–Crippen MR) is 115 cm³/mol. The van der Waals surface area contributed by atoms with Crippen LogP contribution in [-0.2, 0) is 0 Å². The van der Waals surface area contributed by atoms with Crippen LogP contribution < -0.4 is 5.32 Å². The number of halogens is 3. The molecule has 3 heterocycles. The van der Waals surface area contributed by atoms with Crippen molar-refractivity contribution in [3.05, 3.63) is 89.6 Å². The Morgan fingerprint density at radius 2 is 1.90 bits per heavy atom. The highest BCUT2D eigenvalue weighted by molar-refractivity contribution is 6.33. The van der Waals surface area contributed by atoms with E-state index in [0.29, 0.717) is 28.1 Å². The van der Waals surface area contributed by atoms with Crippen molar-refractivity contribution in [1.29, 1.82) is 0 Å². The van der Waals surface area contributed by atoms with Crippen LogP contribution in [0.5, 0.6) is 0 Å². The molecule has 0 amide bonds. The molecule has 31 heavy (non-hydrogen) atoms. The van der Waals surface area contributed by atoms with Crippen LogP contribution in [0.1, 0.15) is 5.69 Å². The van der Waals surface area contributed by atoms with E-state index in [9.17, 15) is 8.78 Å². The molecule has 0 aliphatic heterocycles. The third-order valence-electron chi connectivity index (χ3n) is 4.78. The zero-order valence-electron chi connectivity index (χ0n) is 16.2. The van der Waals surface area contributed by atoms with Gasteiger partial charge in [0.2, 0.25) is 5.95 Å². The molecule has 0 atom stereocenters. The third-order valence-corrected chi connectivity index (χ3v) is 5.09. The van der Waals surface area contributed by atoms with Crippen LogP contribution in [0.15, 0.2) is 67.3 Å². The fourth-order valence-corrected chi connectivity index (χ4v) is 3.62. The highest BCUT2D eigenvalue weighted by atomic mass is 35.5. The van der Waals surface area contributed by atoms with E-state index in [1.165, 1.54) is 18.2 Å². The van der Waals surface area contributed by atoms with Gasteiger partial charge in [-0.25, -0.2) is 18.3 Å². The quantitative estimate of drug-likeness (QED) is 0.400. The summed E-state index contributed by atoms with van der Waals surface area (Å²) in [6, 6.07) is 12.6. The Morgan fingerprint density at radius 1 is 1.03 bits per heavy atom. The smallest absolute Gasteiger partial charge is 0.247 e. The lowest BCUT2D eigenvalue weighted by atomic mass is 10.1. The number of rotatable bonds is 4. The summed E-state index contributed by atoms with van der Waals surface area (Å²) in [5, 5.41) is 7.69. The molecule has 154 valence electrons. The SMILES string of the molecule is Cc1cn(-c2ccc(Nc3nc4c(-c5ccc(F)cc5Cl)cccn4n3)cc2F)cn1. The van der Waals surface area contributed by atoms with E-state index in [0.717, 1.165) is 5.69 Å². The largest absolute Gasteiger partial charge is 0.323 e. The average molecular weight is 437 g/mol. The number of hydrogen-bond acceptors (Lipinski definition) is 4. The summed E-state index contributed by atoms with van der Waals surface area (Å²) in [5.41, 5.74) is 3.55. The number of imidazole rings is 1. The fraction of sp³-hybridized carbons (Fsp3) is 0.0455. The van der Waals surface area contributed by atoms with E-state index >= 15 is 0 Å². The minimum atomic E-state index is -0.416. The first-order chi connectivity index (χ1) is 15.0. The monoisotopic (exact) mass is 436 g/mol. The molecule has 9 heteroatoms. The summed E-state index contributed by atoms with van der Waals surface area (Å²) < 4.78 is 31.3. The van der Waals surface area contributed by atoms with Crippen molar-refractivity contribution in [2.75, 3.05) is 5.32 Å². The fourth-order valence-electron chi connectivity index (χ4n) is 3.35. The zero-order chi connectivity index (χ0) is 21.5. The van der Waals surface area contributed by atoms with Gasteiger partial charge < -0.3 is 9.88 Å². The van der Waals surface area contributed by atoms with E-state index in [4.69, 9.17) is 11.6 Å². The molecule has 0 unspecified atom stereocenters. The van der Waals surface area contributed by atoms with Gasteiger partial charge in [-0.15, -0.1) is 5.10 Å². The molecule has 0 bridgehead atoms. The topological polar surface area (TPSA) is 60.0 Å². The van der Waals surface area contributed by atoms with Gasteiger partial charge in [0.25, 0.3) is 0 Å². The molecule has 0 radical (unpaired) electrons. The lowest BCUT2D eigenvalue weighted by molar-refractivity contribution is 0.618. The molecule has 3 aromatic heterocycles. The van der Waals surface area contributed by atoms with Crippen molar-refractivity contribution in [2.24, 2.45) is 0 Å². The van der Waals surface area contributed by atoms with Crippen molar-refractivity contribution >= 4 is 28.9 Å². The van der Waals surface area contributed by atoms with Gasteiger partial charge in [-0.2, -0.15) is 4.98 Å². The number of nitrogens with one attached hydrogen (secondary N) is 1. The first-order valence-corrected chi connectivity index (χ1v) is 9.74. The van der Waals surface area contributed by atoms with Crippen LogP contribution in [0.3, 0.4) is 0 Å². The van der Waals surface area contributed by atoms with Crippen LogP contribution >= 0.6 is 11.6 Å². The molecule has 1 N–H and O–H groups in total. The van der Waals surface area contributed by atoms with E-state index in [1.54, 1.807) is 52.1 Å². The predicted octanol–water partition coefficient (Wildman–Crippen LogP) is 5.57. The average Bonchev–Trinajstić information content (AvgIpc) is 3.34. The van der Waals surface area contributed by atoms with E-state index in [2.05, 4.69) is 20.4 Å². The van der Waals surface area contributed by atoms with Crippen molar-refractivity contribution in [3.8, 4) is 16.8 Å². The summed E-state index contributed by atoms with van der Waals surface area (Å²) in [6.07, 6.45) is 5.05. The number of anilines is 2. The first-order valence-electron chi connectivity index (χ1n) is 9.36. The Morgan fingerprint density at radius 3 is 2.65 bits per heavy atom. The molecule has 0 saturated carbocycles. The maximum atomic E-state index is 14.6. The normalized spacial score (nSPS) is 11.2. The number of pyridine rings is 1. The van der Waals surface area contributed by atoms with Crippen LogP contribution in [0, 0.1) is 18.6 Å². The number of fused-ring (bicyclic) bond motifs is 1. The molecule has 0 aliphatic carbocycles. The van der Waals surface area contributed by atoms with Crippen molar-refractivity contribution < 1.29 is 8.78 Å². The van der Waals surface area contributed by atoms with Gasteiger partial charge in [0.05, 0.1) is 22.7 Å². The van der Waals surface area contributed by atoms with Gasteiger partial charge in [0.15, 0.2) is 5.65 Å². The van der Waals surface area contributed by atoms with Gasteiger partial charge in [-0.3, -0.25) is 0 Å². The number of nitrogens with zero attached hydrogens (tertiary/aromatic N) is 5. The molecule has 0 saturated heterocycles. The van der Waals surface area contributed by atoms with Gasteiger partial charge in [0.1, 0.15) is 11.6 Å². The Balaban J connectivity index is 1.48. The van der Waals surface area contributed by atoms with Crippen molar-refractivity contribution in [3.63, 3.8) is 0 Å². The van der Waals surface area contributed by atoms with Crippen molar-refractivity contribution in [2.45, 2.75) is 6.92 Å². The van der Waals surface area contributed by atoms with Gasteiger partial charge in [-0.05, 0) is 55.5 Å². The lowest BCUT2D eigenvalue weighted by Crippen LogP contribution is -1.98.